The molecule has 0 aromatic heterocycles. The van der Waals surface area contributed by atoms with Crippen LogP contribution in [0.15, 0.2) is 0 Å². The average molecular weight is 228 g/mol. The van der Waals surface area contributed by atoms with Crippen molar-refractivity contribution in [1.82, 2.24) is 10.2 Å². The third-order valence-electron chi connectivity index (χ3n) is 2.91. The summed E-state index contributed by atoms with van der Waals surface area (Å²) in [6, 6.07) is -0.175. The minimum Gasteiger partial charge on any atom is -0.426 e. The summed E-state index contributed by atoms with van der Waals surface area (Å²) in [4.78, 5) is 13.5. The minimum atomic E-state index is -1.48. The van der Waals surface area contributed by atoms with Crippen LogP contribution in [0.4, 0.5) is 4.79 Å². The number of nitrogens with zero attached hydrogens (tertiary/aromatic N) is 1. The number of hydrogen-bond acceptors (Lipinski definition) is 3. The van der Waals surface area contributed by atoms with Crippen molar-refractivity contribution >= 4 is 13.1 Å². The number of nitrogens with one attached hydrogen (secondary N) is 1. The second-order valence-corrected chi connectivity index (χ2v) is 4.31. The Morgan fingerprint density at radius 2 is 2.00 bits per heavy atom. The number of piperidine rings is 1. The quantitative estimate of drug-likeness (QED) is 0.608. The van der Waals surface area contributed by atoms with E-state index >= 15 is 0 Å². The highest BCUT2D eigenvalue weighted by Crippen LogP contribution is 2.09. The molecule has 0 saturated carbocycles. The van der Waals surface area contributed by atoms with Crippen LogP contribution in [0.3, 0.4) is 0 Å². The van der Waals surface area contributed by atoms with Crippen LogP contribution in [-0.2, 0) is 0 Å². The first kappa shape index (κ1) is 13.3. The van der Waals surface area contributed by atoms with Gasteiger partial charge in [-0.2, -0.15) is 0 Å². The zero-order chi connectivity index (χ0) is 12.0. The van der Waals surface area contributed by atoms with Gasteiger partial charge in [0.1, 0.15) is 0 Å². The molecule has 0 spiro atoms. The summed E-state index contributed by atoms with van der Waals surface area (Å²) in [6.07, 6.45) is 4.63. The Morgan fingerprint density at radius 3 is 2.50 bits per heavy atom. The van der Waals surface area contributed by atoms with Crippen molar-refractivity contribution < 1.29 is 14.8 Å². The zero-order valence-electron chi connectivity index (χ0n) is 9.85. The minimum absolute atomic E-state index is 0.175. The molecule has 2 amide bonds. The van der Waals surface area contributed by atoms with Crippen LogP contribution in [-0.4, -0.2) is 47.1 Å². The first-order valence-electron chi connectivity index (χ1n) is 6.06. The highest BCUT2D eigenvalue weighted by molar-refractivity contribution is 6.43. The van der Waals surface area contributed by atoms with Gasteiger partial charge < -0.3 is 20.3 Å². The second-order valence-electron chi connectivity index (χ2n) is 4.31. The Balaban J connectivity index is 2.40. The van der Waals surface area contributed by atoms with Gasteiger partial charge in [-0.1, -0.05) is 13.3 Å². The van der Waals surface area contributed by atoms with Crippen molar-refractivity contribution in [2.75, 3.05) is 13.1 Å². The molecule has 1 atom stereocenters. The largest absolute Gasteiger partial charge is 0.475 e. The molecule has 5 nitrogen and oxygen atoms in total. The second kappa shape index (κ2) is 6.76. The topological polar surface area (TPSA) is 72.8 Å². The fourth-order valence-corrected chi connectivity index (χ4v) is 1.95. The lowest BCUT2D eigenvalue weighted by Crippen LogP contribution is -2.52. The predicted octanol–water partition coefficient (Wildman–Crippen LogP) is 0.363. The molecule has 1 saturated heterocycles. The molecule has 0 aromatic carbocycles. The molecule has 16 heavy (non-hydrogen) atoms. The van der Waals surface area contributed by atoms with Gasteiger partial charge in [-0.15, -0.1) is 0 Å². The van der Waals surface area contributed by atoms with Gasteiger partial charge >= 0.3 is 13.1 Å². The van der Waals surface area contributed by atoms with Gasteiger partial charge in [0.25, 0.3) is 0 Å². The van der Waals surface area contributed by atoms with Gasteiger partial charge in [0.05, 0.1) is 5.94 Å². The van der Waals surface area contributed by atoms with E-state index in [2.05, 4.69) is 5.32 Å². The van der Waals surface area contributed by atoms with E-state index in [-0.39, 0.29) is 6.03 Å². The van der Waals surface area contributed by atoms with E-state index in [4.69, 9.17) is 10.0 Å². The molecule has 1 aliphatic rings. The third kappa shape index (κ3) is 4.02. The van der Waals surface area contributed by atoms with Gasteiger partial charge in [0.2, 0.25) is 0 Å². The lowest BCUT2D eigenvalue weighted by Gasteiger charge is -2.29. The van der Waals surface area contributed by atoms with Crippen LogP contribution in [0, 0.1) is 0 Å². The van der Waals surface area contributed by atoms with Crippen LogP contribution < -0.4 is 5.32 Å². The highest BCUT2D eigenvalue weighted by atomic mass is 16.4. The van der Waals surface area contributed by atoms with E-state index in [1.54, 1.807) is 4.90 Å². The summed E-state index contributed by atoms with van der Waals surface area (Å²) in [5.41, 5.74) is 0. The van der Waals surface area contributed by atoms with E-state index in [9.17, 15) is 4.79 Å². The number of urea groups is 1. The van der Waals surface area contributed by atoms with Crippen molar-refractivity contribution in [2.24, 2.45) is 0 Å². The lowest BCUT2D eigenvalue weighted by molar-refractivity contribution is 0.183. The van der Waals surface area contributed by atoms with Crippen molar-refractivity contribution in [1.29, 1.82) is 0 Å². The molecule has 92 valence electrons. The molecule has 0 aromatic rings. The molecular weight excluding hydrogens is 207 g/mol. The highest BCUT2D eigenvalue weighted by Gasteiger charge is 2.26. The predicted molar refractivity (Wildman–Crippen MR) is 62.8 cm³/mol. The Morgan fingerprint density at radius 1 is 1.38 bits per heavy atom. The van der Waals surface area contributed by atoms with E-state index in [1.807, 2.05) is 6.92 Å². The van der Waals surface area contributed by atoms with Crippen LogP contribution in [0.5, 0.6) is 0 Å². The molecular formula is C10H21BN2O3. The molecule has 0 radical (unpaired) electrons. The van der Waals surface area contributed by atoms with E-state index < -0.39 is 13.1 Å². The number of amides is 2. The summed E-state index contributed by atoms with van der Waals surface area (Å²) in [5.74, 6) is -0.556. The number of carbonyl (C=O) groups excluding carboxylic acids is 1. The molecule has 0 unspecified atom stereocenters. The normalized spacial score (nSPS) is 18.1. The van der Waals surface area contributed by atoms with Gasteiger partial charge in [0, 0.05) is 13.1 Å². The maximum atomic E-state index is 11.8. The monoisotopic (exact) mass is 228 g/mol. The number of likely N-dealkylation sites (tertiary alicyclic amines) is 1. The molecule has 1 aliphatic heterocycles. The molecule has 1 heterocycles. The Bertz CT molecular complexity index is 220. The average Bonchev–Trinajstić information content (AvgIpc) is 2.29. The Kier molecular flexibility index (Phi) is 5.62. The fourth-order valence-electron chi connectivity index (χ4n) is 1.95. The first-order valence-corrected chi connectivity index (χ1v) is 6.06. The van der Waals surface area contributed by atoms with Crippen molar-refractivity contribution in [3.63, 3.8) is 0 Å². The summed E-state index contributed by atoms with van der Waals surface area (Å²) < 4.78 is 0. The van der Waals surface area contributed by atoms with Crippen LogP contribution in [0.25, 0.3) is 0 Å². The standard InChI is InChI=1S/C10H21BN2O3/c1-2-6-9(11(15)16)12-10(14)13-7-4-3-5-8-13/h9,15-16H,2-8H2,1H3,(H,12,14)/t9-/m0/s1. The molecule has 1 fully saturated rings. The van der Waals surface area contributed by atoms with Gasteiger partial charge in [0.15, 0.2) is 0 Å². The van der Waals surface area contributed by atoms with Crippen LogP contribution >= 0.6 is 0 Å². The molecule has 3 N–H and O–H groups in total. The Hall–Kier alpha value is -0.745. The van der Waals surface area contributed by atoms with E-state index in [1.165, 1.54) is 6.42 Å². The summed E-state index contributed by atoms with van der Waals surface area (Å²) in [7, 11) is -1.48. The molecule has 0 aliphatic carbocycles. The lowest BCUT2D eigenvalue weighted by atomic mass is 9.77. The van der Waals surface area contributed by atoms with E-state index in [0.29, 0.717) is 6.42 Å². The van der Waals surface area contributed by atoms with Crippen LogP contribution in [0.2, 0.25) is 0 Å². The van der Waals surface area contributed by atoms with Crippen molar-refractivity contribution in [3.8, 4) is 0 Å². The summed E-state index contributed by atoms with van der Waals surface area (Å²) >= 11 is 0. The smallest absolute Gasteiger partial charge is 0.426 e. The van der Waals surface area contributed by atoms with Gasteiger partial charge in [-0.3, -0.25) is 0 Å². The number of rotatable bonds is 4. The van der Waals surface area contributed by atoms with Crippen molar-refractivity contribution in [2.45, 2.75) is 45.0 Å². The fraction of sp³-hybridized carbons (Fsp3) is 0.900. The molecule has 1 rings (SSSR count). The SMILES string of the molecule is CCC[C@H](NC(=O)N1CCCCC1)B(O)O. The summed E-state index contributed by atoms with van der Waals surface area (Å²) in [6.45, 7) is 3.49. The summed E-state index contributed by atoms with van der Waals surface area (Å²) in [5, 5.41) is 20.9. The maximum absolute atomic E-state index is 11.8. The number of carbonyl (C=O) groups is 1. The molecule has 6 heteroatoms. The third-order valence-corrected chi connectivity index (χ3v) is 2.91. The van der Waals surface area contributed by atoms with Gasteiger partial charge in [-0.05, 0) is 25.7 Å². The maximum Gasteiger partial charge on any atom is 0.475 e. The van der Waals surface area contributed by atoms with Crippen LogP contribution in [0.1, 0.15) is 39.0 Å². The van der Waals surface area contributed by atoms with E-state index in [0.717, 1.165) is 32.4 Å². The number of hydrogen-bond donors (Lipinski definition) is 3. The first-order chi connectivity index (χ1) is 7.65. The Labute approximate surface area is 97.0 Å². The van der Waals surface area contributed by atoms with Gasteiger partial charge in [-0.25, -0.2) is 4.79 Å². The van der Waals surface area contributed by atoms with Crippen molar-refractivity contribution in [3.05, 3.63) is 0 Å². The zero-order valence-corrected chi connectivity index (χ0v) is 9.85. The molecule has 0 bridgehead atoms.